The van der Waals surface area contributed by atoms with Crippen molar-refractivity contribution >= 4 is 23.0 Å². The molecule has 0 unspecified atom stereocenters. The number of methoxy groups -OCH3 is 2. The van der Waals surface area contributed by atoms with Crippen molar-refractivity contribution in [3.63, 3.8) is 0 Å². The maximum Gasteiger partial charge on any atom is 0.174 e. The summed E-state index contributed by atoms with van der Waals surface area (Å²) in [5, 5.41) is 6.59. The molecule has 106 valence electrons. The largest absolute Gasteiger partial charge is 0.492 e. The van der Waals surface area contributed by atoms with E-state index in [4.69, 9.17) is 26.4 Å². The summed E-state index contributed by atoms with van der Waals surface area (Å²) in [6, 6.07) is 7.63. The van der Waals surface area contributed by atoms with Gasteiger partial charge in [0.15, 0.2) is 11.4 Å². The Labute approximate surface area is 119 Å². The van der Waals surface area contributed by atoms with Crippen molar-refractivity contribution in [2.45, 2.75) is 13.2 Å². The molecular weight excluding hydrogens is 264 g/mol. The molecule has 1 aromatic rings. The van der Waals surface area contributed by atoms with E-state index in [1.54, 1.807) is 14.2 Å². The molecule has 0 aliphatic carbocycles. The summed E-state index contributed by atoms with van der Waals surface area (Å²) in [6.07, 6.45) is -0.332. The number of benzene rings is 1. The minimum Gasteiger partial charge on any atom is -0.492 e. The van der Waals surface area contributed by atoms with Crippen molar-refractivity contribution in [1.29, 1.82) is 0 Å². The fourth-order valence-electron chi connectivity index (χ4n) is 1.46. The van der Waals surface area contributed by atoms with Crippen LogP contribution in [0.2, 0.25) is 0 Å². The number of para-hydroxylation sites is 2. The van der Waals surface area contributed by atoms with Crippen LogP contribution < -0.4 is 15.4 Å². The lowest BCUT2D eigenvalue weighted by atomic mass is 10.3. The second-order valence-corrected chi connectivity index (χ2v) is 4.07. The van der Waals surface area contributed by atoms with Gasteiger partial charge in [-0.3, -0.25) is 0 Å². The Morgan fingerprint density at radius 1 is 1.26 bits per heavy atom. The average Bonchev–Trinajstić information content (AvgIpc) is 2.42. The maximum atomic E-state index is 5.51. The minimum atomic E-state index is -0.332. The van der Waals surface area contributed by atoms with E-state index in [1.807, 2.05) is 31.2 Å². The molecule has 2 N–H and O–H groups in total. The number of anilines is 1. The second kappa shape index (κ2) is 8.68. The van der Waals surface area contributed by atoms with Crippen molar-refractivity contribution in [3.05, 3.63) is 24.3 Å². The number of rotatable bonds is 7. The zero-order chi connectivity index (χ0) is 14.1. The summed E-state index contributed by atoms with van der Waals surface area (Å²) >= 11 is 5.21. The van der Waals surface area contributed by atoms with Gasteiger partial charge in [-0.25, -0.2) is 0 Å². The first kappa shape index (κ1) is 15.7. The van der Waals surface area contributed by atoms with Gasteiger partial charge < -0.3 is 24.8 Å². The van der Waals surface area contributed by atoms with E-state index in [9.17, 15) is 0 Å². The van der Waals surface area contributed by atoms with Gasteiger partial charge in [0.05, 0.1) is 18.8 Å². The summed E-state index contributed by atoms with van der Waals surface area (Å²) < 4.78 is 15.6. The quantitative estimate of drug-likeness (QED) is 0.590. The highest BCUT2D eigenvalue weighted by atomic mass is 32.1. The van der Waals surface area contributed by atoms with Crippen molar-refractivity contribution < 1.29 is 14.2 Å². The predicted molar refractivity (Wildman–Crippen MR) is 79.6 cm³/mol. The minimum absolute atomic E-state index is 0.332. The van der Waals surface area contributed by atoms with E-state index in [0.717, 1.165) is 11.4 Å². The van der Waals surface area contributed by atoms with Crippen LogP contribution >= 0.6 is 12.2 Å². The Morgan fingerprint density at radius 2 is 1.95 bits per heavy atom. The molecule has 0 saturated carbocycles. The standard InChI is InChI=1S/C13H20N2O3S/c1-4-18-11-8-6-5-7-10(11)15-13(19)14-9-12(16-2)17-3/h5-8,12H,4,9H2,1-3H3,(H2,14,15,19). The van der Waals surface area contributed by atoms with Crippen molar-refractivity contribution in [3.8, 4) is 5.75 Å². The highest BCUT2D eigenvalue weighted by molar-refractivity contribution is 7.80. The van der Waals surface area contributed by atoms with Gasteiger partial charge in [-0.1, -0.05) is 12.1 Å². The Kier molecular flexibility index (Phi) is 7.17. The number of hydrogen-bond donors (Lipinski definition) is 2. The van der Waals surface area contributed by atoms with Crippen LogP contribution in [0.4, 0.5) is 5.69 Å². The molecule has 0 aliphatic rings. The normalized spacial score (nSPS) is 10.3. The van der Waals surface area contributed by atoms with Crippen molar-refractivity contribution in [2.24, 2.45) is 0 Å². The first-order valence-corrected chi connectivity index (χ1v) is 6.44. The van der Waals surface area contributed by atoms with Crippen LogP contribution in [-0.4, -0.2) is 38.8 Å². The van der Waals surface area contributed by atoms with Gasteiger partial charge in [0.25, 0.3) is 0 Å². The topological polar surface area (TPSA) is 51.8 Å². The molecule has 0 bridgehead atoms. The average molecular weight is 284 g/mol. The van der Waals surface area contributed by atoms with Gasteiger partial charge in [-0.15, -0.1) is 0 Å². The van der Waals surface area contributed by atoms with Crippen LogP contribution in [0.5, 0.6) is 5.75 Å². The zero-order valence-corrected chi connectivity index (χ0v) is 12.3. The molecule has 0 spiro atoms. The summed E-state index contributed by atoms with van der Waals surface area (Å²) in [4.78, 5) is 0. The van der Waals surface area contributed by atoms with E-state index >= 15 is 0 Å². The molecule has 19 heavy (non-hydrogen) atoms. The Morgan fingerprint density at radius 3 is 2.58 bits per heavy atom. The van der Waals surface area contributed by atoms with Gasteiger partial charge in [0, 0.05) is 14.2 Å². The lowest BCUT2D eigenvalue weighted by Gasteiger charge is -2.17. The van der Waals surface area contributed by atoms with Crippen LogP contribution in [0.3, 0.4) is 0 Å². The molecule has 0 atom stereocenters. The fourth-order valence-corrected chi connectivity index (χ4v) is 1.65. The van der Waals surface area contributed by atoms with Crippen LogP contribution in [-0.2, 0) is 9.47 Å². The monoisotopic (exact) mass is 284 g/mol. The van der Waals surface area contributed by atoms with Crippen LogP contribution in [0.25, 0.3) is 0 Å². The van der Waals surface area contributed by atoms with Crippen molar-refractivity contribution in [2.75, 3.05) is 32.7 Å². The van der Waals surface area contributed by atoms with E-state index < -0.39 is 0 Å². The molecule has 1 rings (SSSR count). The molecule has 0 amide bonds. The molecule has 0 heterocycles. The number of nitrogens with one attached hydrogen (secondary N) is 2. The Hall–Kier alpha value is -1.37. The number of thiocarbonyl (C=S) groups is 1. The second-order valence-electron chi connectivity index (χ2n) is 3.67. The molecule has 0 radical (unpaired) electrons. The third-order valence-corrected chi connectivity index (χ3v) is 2.64. The van der Waals surface area contributed by atoms with Gasteiger partial charge in [0.2, 0.25) is 0 Å². The van der Waals surface area contributed by atoms with E-state index in [1.165, 1.54) is 0 Å². The Balaban J connectivity index is 2.52. The first-order valence-electron chi connectivity index (χ1n) is 6.03. The third-order valence-electron chi connectivity index (χ3n) is 2.39. The zero-order valence-electron chi connectivity index (χ0n) is 11.4. The lowest BCUT2D eigenvalue weighted by molar-refractivity contribution is -0.0964. The lowest BCUT2D eigenvalue weighted by Crippen LogP contribution is -2.36. The SMILES string of the molecule is CCOc1ccccc1NC(=S)NCC(OC)OC. The first-order chi connectivity index (χ1) is 9.21. The molecule has 5 nitrogen and oxygen atoms in total. The molecule has 1 aromatic carbocycles. The molecule has 0 aliphatic heterocycles. The Bertz CT molecular complexity index is 397. The highest BCUT2D eigenvalue weighted by Gasteiger charge is 2.07. The third kappa shape index (κ3) is 5.42. The van der Waals surface area contributed by atoms with Gasteiger partial charge in [-0.05, 0) is 31.3 Å². The highest BCUT2D eigenvalue weighted by Crippen LogP contribution is 2.23. The van der Waals surface area contributed by atoms with Crippen LogP contribution in [0.15, 0.2) is 24.3 Å². The summed E-state index contributed by atoms with van der Waals surface area (Å²) in [5.41, 5.74) is 0.827. The van der Waals surface area contributed by atoms with Gasteiger partial charge >= 0.3 is 0 Å². The summed E-state index contributed by atoms with van der Waals surface area (Å²) in [6.45, 7) is 3.01. The van der Waals surface area contributed by atoms with Crippen LogP contribution in [0, 0.1) is 0 Å². The van der Waals surface area contributed by atoms with Crippen molar-refractivity contribution in [1.82, 2.24) is 5.32 Å². The number of hydrogen-bond acceptors (Lipinski definition) is 4. The maximum absolute atomic E-state index is 5.51. The fraction of sp³-hybridized carbons (Fsp3) is 0.462. The predicted octanol–water partition coefficient (Wildman–Crippen LogP) is 1.99. The van der Waals surface area contributed by atoms with Crippen LogP contribution in [0.1, 0.15) is 6.92 Å². The molecular formula is C13H20N2O3S. The molecule has 0 fully saturated rings. The molecule has 0 aromatic heterocycles. The smallest absolute Gasteiger partial charge is 0.174 e. The van der Waals surface area contributed by atoms with E-state index in [0.29, 0.717) is 18.3 Å². The van der Waals surface area contributed by atoms with E-state index in [-0.39, 0.29) is 6.29 Å². The van der Waals surface area contributed by atoms with Gasteiger partial charge in [-0.2, -0.15) is 0 Å². The number of ether oxygens (including phenoxy) is 3. The summed E-state index contributed by atoms with van der Waals surface area (Å²) in [5.74, 6) is 0.768. The van der Waals surface area contributed by atoms with E-state index in [2.05, 4.69) is 10.6 Å². The molecule has 6 heteroatoms. The van der Waals surface area contributed by atoms with Gasteiger partial charge in [0.1, 0.15) is 5.75 Å². The molecule has 0 saturated heterocycles. The summed E-state index contributed by atoms with van der Waals surface area (Å²) in [7, 11) is 3.16.